The van der Waals surface area contributed by atoms with Crippen LogP contribution in [0.3, 0.4) is 0 Å². The lowest BCUT2D eigenvalue weighted by Crippen LogP contribution is -2.28. The number of hydrogen-bond donors (Lipinski definition) is 1. The van der Waals surface area contributed by atoms with Crippen molar-refractivity contribution in [2.75, 3.05) is 6.54 Å². The van der Waals surface area contributed by atoms with E-state index in [1.54, 1.807) is 36.4 Å². The molecule has 24 heavy (non-hydrogen) atoms. The van der Waals surface area contributed by atoms with Gasteiger partial charge in [-0.05, 0) is 36.4 Å². The number of para-hydroxylation sites is 1. The molecule has 0 radical (unpaired) electrons. The van der Waals surface area contributed by atoms with Gasteiger partial charge in [0.25, 0.3) is 0 Å². The lowest BCUT2D eigenvalue weighted by atomic mass is 10.2. The molecule has 1 N–H and O–H groups in total. The van der Waals surface area contributed by atoms with E-state index in [4.69, 9.17) is 4.74 Å². The van der Waals surface area contributed by atoms with Crippen molar-refractivity contribution in [3.8, 4) is 16.3 Å². The first kappa shape index (κ1) is 16.1. The number of halogens is 1. The van der Waals surface area contributed by atoms with E-state index in [0.717, 1.165) is 16.3 Å². The Morgan fingerprint density at radius 2 is 1.88 bits per heavy atom. The number of carbonyl (C=O) groups is 1. The number of ether oxygens (including phenoxy) is 1. The Balaban J connectivity index is 1.49. The second-order valence-electron chi connectivity index (χ2n) is 5.03. The fourth-order valence-electron chi connectivity index (χ4n) is 2.07. The highest BCUT2D eigenvalue weighted by atomic mass is 32.1. The monoisotopic (exact) mass is 342 g/mol. The van der Waals surface area contributed by atoms with E-state index in [0.29, 0.717) is 18.7 Å². The highest BCUT2D eigenvalue weighted by Crippen LogP contribution is 2.23. The smallest absolute Gasteiger partial charge is 0.410 e. The Morgan fingerprint density at radius 3 is 2.62 bits per heavy atom. The minimum absolute atomic E-state index is 0.267. The Morgan fingerprint density at radius 1 is 1.12 bits per heavy atom. The molecule has 6 heteroatoms. The van der Waals surface area contributed by atoms with E-state index in [2.05, 4.69) is 10.3 Å². The average Bonchev–Trinajstić information content (AvgIpc) is 3.05. The molecule has 3 aromatic rings. The van der Waals surface area contributed by atoms with Crippen LogP contribution in [0.2, 0.25) is 0 Å². The molecule has 4 nitrogen and oxygen atoms in total. The molecule has 3 rings (SSSR count). The molecule has 1 amide bonds. The summed E-state index contributed by atoms with van der Waals surface area (Å²) >= 11 is 1.49. The summed E-state index contributed by atoms with van der Waals surface area (Å²) in [7, 11) is 0. The van der Waals surface area contributed by atoms with Gasteiger partial charge in [0.1, 0.15) is 16.6 Å². The molecule has 1 heterocycles. The Labute approximate surface area is 142 Å². The molecule has 0 bridgehead atoms. The van der Waals surface area contributed by atoms with Crippen LogP contribution < -0.4 is 10.1 Å². The van der Waals surface area contributed by atoms with Crippen molar-refractivity contribution in [1.82, 2.24) is 10.3 Å². The number of benzene rings is 2. The molecule has 0 saturated heterocycles. The summed E-state index contributed by atoms with van der Waals surface area (Å²) in [6.07, 6.45) is 0.108. The van der Waals surface area contributed by atoms with Crippen LogP contribution in [0.4, 0.5) is 9.18 Å². The lowest BCUT2D eigenvalue weighted by molar-refractivity contribution is 0.200. The van der Waals surface area contributed by atoms with Crippen LogP contribution in [-0.2, 0) is 6.42 Å². The zero-order valence-corrected chi connectivity index (χ0v) is 13.6. The van der Waals surface area contributed by atoms with E-state index in [9.17, 15) is 9.18 Å². The minimum Gasteiger partial charge on any atom is -0.410 e. The normalized spacial score (nSPS) is 10.4. The molecule has 0 aliphatic heterocycles. The molecular formula is C18H15FN2O2S. The van der Waals surface area contributed by atoms with Crippen molar-refractivity contribution in [3.63, 3.8) is 0 Å². The first-order valence-corrected chi connectivity index (χ1v) is 8.30. The van der Waals surface area contributed by atoms with Gasteiger partial charge in [0.05, 0.1) is 5.69 Å². The summed E-state index contributed by atoms with van der Waals surface area (Å²) in [5, 5.41) is 5.45. The number of carbonyl (C=O) groups excluding carboxylic acids is 1. The molecular weight excluding hydrogens is 327 g/mol. The van der Waals surface area contributed by atoms with Crippen LogP contribution in [-0.4, -0.2) is 17.6 Å². The molecule has 0 aliphatic rings. The maximum atomic E-state index is 12.9. The molecule has 0 saturated carbocycles. The second kappa shape index (κ2) is 7.70. The van der Waals surface area contributed by atoms with Crippen LogP contribution in [0.1, 0.15) is 5.69 Å². The fourth-order valence-corrected chi connectivity index (χ4v) is 2.93. The van der Waals surface area contributed by atoms with Crippen LogP contribution in [0, 0.1) is 5.82 Å². The van der Waals surface area contributed by atoms with Crippen molar-refractivity contribution >= 4 is 17.4 Å². The third-order valence-corrected chi connectivity index (χ3v) is 4.19. The molecule has 2 aromatic carbocycles. The first-order chi connectivity index (χ1) is 11.7. The summed E-state index contributed by atoms with van der Waals surface area (Å²) in [5.74, 6) is 0.235. The quantitative estimate of drug-likeness (QED) is 0.753. The second-order valence-corrected chi connectivity index (χ2v) is 5.89. The van der Waals surface area contributed by atoms with Crippen molar-refractivity contribution in [3.05, 3.63) is 71.5 Å². The summed E-state index contributed by atoms with van der Waals surface area (Å²) in [5.41, 5.74) is 1.75. The number of nitrogens with zero attached hydrogens (tertiary/aromatic N) is 1. The first-order valence-electron chi connectivity index (χ1n) is 7.42. The van der Waals surface area contributed by atoms with E-state index >= 15 is 0 Å². The van der Waals surface area contributed by atoms with Crippen molar-refractivity contribution in [1.29, 1.82) is 0 Å². The predicted octanol–water partition coefficient (Wildman–Crippen LogP) is 4.28. The minimum atomic E-state index is -0.491. The SMILES string of the molecule is O=C(NCCc1csc(-c2ccc(F)cc2)n1)Oc1ccccc1. The largest absolute Gasteiger partial charge is 0.412 e. The Bertz CT molecular complexity index is 803. The van der Waals surface area contributed by atoms with Gasteiger partial charge in [-0.3, -0.25) is 0 Å². The van der Waals surface area contributed by atoms with Gasteiger partial charge in [-0.2, -0.15) is 0 Å². The van der Waals surface area contributed by atoms with Gasteiger partial charge in [-0.1, -0.05) is 18.2 Å². The number of aromatic nitrogens is 1. The molecule has 1 aromatic heterocycles. The van der Waals surface area contributed by atoms with Crippen LogP contribution >= 0.6 is 11.3 Å². The van der Waals surface area contributed by atoms with Gasteiger partial charge in [0, 0.05) is 23.9 Å². The molecule has 0 atom stereocenters. The summed E-state index contributed by atoms with van der Waals surface area (Å²) in [6, 6.07) is 15.1. The van der Waals surface area contributed by atoms with Gasteiger partial charge in [0.15, 0.2) is 0 Å². The van der Waals surface area contributed by atoms with E-state index in [1.165, 1.54) is 23.5 Å². The van der Waals surface area contributed by atoms with Crippen molar-refractivity contribution < 1.29 is 13.9 Å². The summed E-state index contributed by atoms with van der Waals surface area (Å²) in [6.45, 7) is 0.429. The van der Waals surface area contributed by atoms with Gasteiger partial charge < -0.3 is 10.1 Å². The van der Waals surface area contributed by atoms with Crippen LogP contribution in [0.5, 0.6) is 5.75 Å². The average molecular weight is 342 g/mol. The van der Waals surface area contributed by atoms with Crippen LogP contribution in [0.15, 0.2) is 60.0 Å². The number of thiazole rings is 1. The third kappa shape index (κ3) is 4.39. The molecule has 0 unspecified atom stereocenters. The molecule has 0 spiro atoms. The third-order valence-electron chi connectivity index (χ3n) is 3.25. The van der Waals surface area contributed by atoms with Gasteiger partial charge in [0.2, 0.25) is 0 Å². The van der Waals surface area contributed by atoms with E-state index in [1.807, 2.05) is 11.4 Å². The fraction of sp³-hybridized carbons (Fsp3) is 0.111. The topological polar surface area (TPSA) is 51.2 Å². The number of nitrogens with one attached hydrogen (secondary N) is 1. The highest BCUT2D eigenvalue weighted by molar-refractivity contribution is 7.13. The number of amides is 1. The maximum Gasteiger partial charge on any atom is 0.412 e. The highest BCUT2D eigenvalue weighted by Gasteiger charge is 2.07. The number of rotatable bonds is 5. The Kier molecular flexibility index (Phi) is 5.18. The van der Waals surface area contributed by atoms with Crippen LogP contribution in [0.25, 0.3) is 10.6 Å². The zero-order chi connectivity index (χ0) is 16.8. The van der Waals surface area contributed by atoms with E-state index in [-0.39, 0.29) is 5.82 Å². The molecule has 0 fully saturated rings. The summed E-state index contributed by atoms with van der Waals surface area (Å²) < 4.78 is 18.1. The lowest BCUT2D eigenvalue weighted by Gasteiger charge is -2.05. The van der Waals surface area contributed by atoms with Gasteiger partial charge in [-0.25, -0.2) is 14.2 Å². The van der Waals surface area contributed by atoms with Crippen molar-refractivity contribution in [2.45, 2.75) is 6.42 Å². The van der Waals surface area contributed by atoms with Crippen molar-refractivity contribution in [2.24, 2.45) is 0 Å². The van der Waals surface area contributed by atoms with Gasteiger partial charge in [-0.15, -0.1) is 11.3 Å². The number of hydrogen-bond acceptors (Lipinski definition) is 4. The zero-order valence-electron chi connectivity index (χ0n) is 12.7. The van der Waals surface area contributed by atoms with E-state index < -0.39 is 6.09 Å². The standard InChI is InChI=1S/C18H15FN2O2S/c19-14-8-6-13(7-9-14)17-21-15(12-24-17)10-11-20-18(22)23-16-4-2-1-3-5-16/h1-9,12H,10-11H2,(H,20,22). The Hall–Kier alpha value is -2.73. The molecule has 0 aliphatic carbocycles. The summed E-state index contributed by atoms with van der Waals surface area (Å²) in [4.78, 5) is 16.2. The maximum absolute atomic E-state index is 12.9. The predicted molar refractivity (Wildman–Crippen MR) is 91.7 cm³/mol. The van der Waals surface area contributed by atoms with Gasteiger partial charge >= 0.3 is 6.09 Å². The molecule has 122 valence electrons.